The summed E-state index contributed by atoms with van der Waals surface area (Å²) in [6.45, 7) is 0. The molecule has 0 aromatic carbocycles. The fourth-order valence-corrected chi connectivity index (χ4v) is 2.07. The molecule has 14 heavy (non-hydrogen) atoms. The molecule has 0 atom stereocenters. The lowest BCUT2D eigenvalue weighted by Crippen LogP contribution is -1.84. The van der Waals surface area contributed by atoms with Crippen LogP contribution in [0.3, 0.4) is 0 Å². The van der Waals surface area contributed by atoms with Crippen molar-refractivity contribution in [3.63, 3.8) is 0 Å². The van der Waals surface area contributed by atoms with Crippen molar-refractivity contribution in [3.8, 4) is 11.3 Å². The molecule has 0 aliphatic carbocycles. The molecule has 0 aliphatic rings. The Bertz CT molecular complexity index is 449. The van der Waals surface area contributed by atoms with Gasteiger partial charge in [0.15, 0.2) is 5.13 Å². The Balaban J connectivity index is 2.51. The lowest BCUT2D eigenvalue weighted by molar-refractivity contribution is 1.31. The second-order valence-corrected chi connectivity index (χ2v) is 4.24. The molecule has 2 heterocycles. The van der Waals surface area contributed by atoms with Gasteiger partial charge in [0.05, 0.1) is 5.69 Å². The van der Waals surface area contributed by atoms with E-state index in [1.807, 2.05) is 5.38 Å². The second-order valence-electron chi connectivity index (χ2n) is 2.57. The highest BCUT2D eigenvalue weighted by atomic mass is 35.5. The molecule has 0 amide bonds. The van der Waals surface area contributed by atoms with E-state index in [1.165, 1.54) is 11.3 Å². The van der Waals surface area contributed by atoms with Gasteiger partial charge in [-0.3, -0.25) is 0 Å². The minimum absolute atomic E-state index is 0.346. The Kier molecular flexibility index (Phi) is 2.58. The van der Waals surface area contributed by atoms with E-state index < -0.39 is 0 Å². The molecule has 6 heteroatoms. The first-order chi connectivity index (χ1) is 6.65. The predicted molar refractivity (Wildman–Crippen MR) is 59.8 cm³/mol. The Morgan fingerprint density at radius 2 is 1.79 bits per heavy atom. The normalized spacial score (nSPS) is 10.4. The largest absolute Gasteiger partial charge is 0.375 e. The monoisotopic (exact) mass is 245 g/mol. The van der Waals surface area contributed by atoms with Gasteiger partial charge in [-0.25, -0.2) is 9.97 Å². The molecule has 72 valence electrons. The van der Waals surface area contributed by atoms with Crippen LogP contribution in [-0.2, 0) is 0 Å². The number of thiazole rings is 1. The summed E-state index contributed by atoms with van der Waals surface area (Å²) in [5.74, 6) is 0. The van der Waals surface area contributed by atoms with Crippen molar-refractivity contribution < 1.29 is 0 Å². The van der Waals surface area contributed by atoms with E-state index in [4.69, 9.17) is 28.9 Å². The Morgan fingerprint density at radius 3 is 2.29 bits per heavy atom. The van der Waals surface area contributed by atoms with Crippen molar-refractivity contribution in [2.24, 2.45) is 0 Å². The van der Waals surface area contributed by atoms with Crippen LogP contribution in [0.4, 0.5) is 5.13 Å². The molecule has 0 spiro atoms. The SMILES string of the molecule is Nc1nc(-c2cc(Cl)nc(Cl)c2)cs1. The molecule has 2 aromatic rings. The number of nitrogens with zero attached hydrogens (tertiary/aromatic N) is 2. The van der Waals surface area contributed by atoms with Crippen molar-refractivity contribution in [1.29, 1.82) is 0 Å². The van der Waals surface area contributed by atoms with E-state index in [-0.39, 0.29) is 0 Å². The molecule has 0 radical (unpaired) electrons. The zero-order valence-corrected chi connectivity index (χ0v) is 9.20. The summed E-state index contributed by atoms with van der Waals surface area (Å²) in [6.07, 6.45) is 0. The van der Waals surface area contributed by atoms with Crippen LogP contribution in [-0.4, -0.2) is 9.97 Å². The summed E-state index contributed by atoms with van der Waals surface area (Å²) in [7, 11) is 0. The number of nitrogens with two attached hydrogens (primary N) is 1. The maximum Gasteiger partial charge on any atom is 0.180 e. The number of hydrogen-bond donors (Lipinski definition) is 1. The summed E-state index contributed by atoms with van der Waals surface area (Å²) < 4.78 is 0. The van der Waals surface area contributed by atoms with Gasteiger partial charge in [-0.15, -0.1) is 11.3 Å². The molecule has 0 saturated heterocycles. The van der Waals surface area contributed by atoms with Crippen molar-refractivity contribution in [2.75, 3.05) is 5.73 Å². The first-order valence-electron chi connectivity index (χ1n) is 3.69. The summed E-state index contributed by atoms with van der Waals surface area (Å²) in [5.41, 5.74) is 7.10. The zero-order chi connectivity index (χ0) is 10.1. The van der Waals surface area contributed by atoms with Crippen LogP contribution in [0.2, 0.25) is 10.3 Å². The van der Waals surface area contributed by atoms with Gasteiger partial charge < -0.3 is 5.73 Å². The van der Waals surface area contributed by atoms with Crippen LogP contribution < -0.4 is 5.73 Å². The number of halogens is 2. The van der Waals surface area contributed by atoms with Gasteiger partial charge >= 0.3 is 0 Å². The lowest BCUT2D eigenvalue weighted by Gasteiger charge is -1.97. The number of anilines is 1. The number of hydrogen-bond acceptors (Lipinski definition) is 4. The first kappa shape index (κ1) is 9.71. The molecule has 0 saturated carbocycles. The first-order valence-corrected chi connectivity index (χ1v) is 5.33. The molecule has 0 unspecified atom stereocenters. The van der Waals surface area contributed by atoms with E-state index in [9.17, 15) is 0 Å². The quantitative estimate of drug-likeness (QED) is 0.786. The van der Waals surface area contributed by atoms with Gasteiger partial charge in [0.25, 0.3) is 0 Å². The standard InChI is InChI=1S/C8H5Cl2N3S/c9-6-1-4(2-7(10)13-6)5-3-14-8(11)12-5/h1-3H,(H2,11,12). The van der Waals surface area contributed by atoms with Crippen LogP contribution in [0.25, 0.3) is 11.3 Å². The Hall–Kier alpha value is -0.840. The van der Waals surface area contributed by atoms with E-state index in [2.05, 4.69) is 9.97 Å². The Labute approximate surface area is 94.5 Å². The van der Waals surface area contributed by atoms with Crippen molar-refractivity contribution in [1.82, 2.24) is 9.97 Å². The smallest absolute Gasteiger partial charge is 0.180 e. The fraction of sp³-hybridized carbons (Fsp3) is 0. The van der Waals surface area contributed by atoms with Gasteiger partial charge in [0.2, 0.25) is 0 Å². The van der Waals surface area contributed by atoms with Gasteiger partial charge in [0.1, 0.15) is 10.3 Å². The third-order valence-electron chi connectivity index (χ3n) is 1.58. The molecule has 0 bridgehead atoms. The highest BCUT2D eigenvalue weighted by Gasteiger charge is 2.05. The van der Waals surface area contributed by atoms with Crippen molar-refractivity contribution in [3.05, 3.63) is 27.8 Å². The highest BCUT2D eigenvalue weighted by Crippen LogP contribution is 2.26. The molecule has 0 aliphatic heterocycles. The van der Waals surface area contributed by atoms with Crippen molar-refractivity contribution >= 4 is 39.7 Å². The van der Waals surface area contributed by atoms with E-state index in [1.54, 1.807) is 12.1 Å². The van der Waals surface area contributed by atoms with E-state index in [0.29, 0.717) is 15.4 Å². The van der Waals surface area contributed by atoms with Gasteiger partial charge in [0, 0.05) is 10.9 Å². The fourth-order valence-electron chi connectivity index (χ4n) is 1.03. The van der Waals surface area contributed by atoms with E-state index >= 15 is 0 Å². The van der Waals surface area contributed by atoms with Crippen LogP contribution in [0.5, 0.6) is 0 Å². The second kappa shape index (κ2) is 3.73. The summed E-state index contributed by atoms with van der Waals surface area (Å²) in [5, 5.41) is 3.05. The van der Waals surface area contributed by atoms with Crippen LogP contribution in [0.1, 0.15) is 0 Å². The molecule has 2 N–H and O–H groups in total. The summed E-state index contributed by atoms with van der Waals surface area (Å²) in [6, 6.07) is 3.39. The predicted octanol–water partition coefficient (Wildman–Crippen LogP) is 3.09. The zero-order valence-electron chi connectivity index (χ0n) is 6.87. The third kappa shape index (κ3) is 1.97. The third-order valence-corrected chi connectivity index (χ3v) is 2.64. The van der Waals surface area contributed by atoms with Crippen LogP contribution in [0.15, 0.2) is 17.5 Å². The maximum absolute atomic E-state index is 5.76. The Morgan fingerprint density at radius 1 is 1.14 bits per heavy atom. The van der Waals surface area contributed by atoms with E-state index in [0.717, 1.165) is 11.3 Å². The minimum Gasteiger partial charge on any atom is -0.375 e. The average Bonchev–Trinajstić information content (AvgIpc) is 2.50. The highest BCUT2D eigenvalue weighted by molar-refractivity contribution is 7.13. The molecule has 2 rings (SSSR count). The number of pyridine rings is 1. The molecule has 2 aromatic heterocycles. The number of nitrogen functional groups attached to an aromatic ring is 1. The maximum atomic E-state index is 5.76. The number of rotatable bonds is 1. The van der Waals surface area contributed by atoms with Crippen molar-refractivity contribution in [2.45, 2.75) is 0 Å². The molecular weight excluding hydrogens is 241 g/mol. The summed E-state index contributed by atoms with van der Waals surface area (Å²) in [4.78, 5) is 7.96. The van der Waals surface area contributed by atoms with Crippen LogP contribution in [0, 0.1) is 0 Å². The number of aromatic nitrogens is 2. The van der Waals surface area contributed by atoms with Gasteiger partial charge in [-0.1, -0.05) is 23.2 Å². The molecule has 3 nitrogen and oxygen atoms in total. The molecular formula is C8H5Cl2N3S. The average molecular weight is 246 g/mol. The van der Waals surface area contributed by atoms with Gasteiger partial charge in [-0.2, -0.15) is 0 Å². The minimum atomic E-state index is 0.346. The van der Waals surface area contributed by atoms with Gasteiger partial charge in [-0.05, 0) is 12.1 Å². The topological polar surface area (TPSA) is 51.8 Å². The lowest BCUT2D eigenvalue weighted by atomic mass is 10.2. The molecule has 0 fully saturated rings. The summed E-state index contributed by atoms with van der Waals surface area (Å²) >= 11 is 12.9. The van der Waals surface area contributed by atoms with Crippen LogP contribution >= 0.6 is 34.5 Å².